The van der Waals surface area contributed by atoms with Crippen molar-refractivity contribution >= 4 is 17.0 Å². The van der Waals surface area contributed by atoms with Crippen molar-refractivity contribution in [3.63, 3.8) is 0 Å². The van der Waals surface area contributed by atoms with Crippen LogP contribution in [0.3, 0.4) is 0 Å². The van der Waals surface area contributed by atoms with Crippen LogP contribution >= 0.6 is 0 Å². The molecular weight excluding hydrogens is 317 g/mol. The van der Waals surface area contributed by atoms with Gasteiger partial charge >= 0.3 is 0 Å². The summed E-state index contributed by atoms with van der Waals surface area (Å²) in [5.74, 6) is 0.496. The minimum atomic E-state index is -0.268. The quantitative estimate of drug-likeness (QED) is 0.618. The predicted octanol–water partition coefficient (Wildman–Crippen LogP) is 3.89. The van der Waals surface area contributed by atoms with E-state index >= 15 is 0 Å². The zero-order valence-corrected chi connectivity index (χ0v) is 13.9. The highest BCUT2D eigenvalue weighted by atomic mass is 19.1. The Kier molecular flexibility index (Phi) is 3.65. The first-order valence-corrected chi connectivity index (χ1v) is 7.86. The van der Waals surface area contributed by atoms with Crippen LogP contribution in [0, 0.1) is 5.82 Å². The van der Waals surface area contributed by atoms with Gasteiger partial charge in [-0.25, -0.2) is 14.4 Å². The monoisotopic (exact) mass is 333 g/mol. The number of hydrogen-bond acceptors (Lipinski definition) is 4. The molecule has 0 aliphatic rings. The topological polar surface area (TPSA) is 57.7 Å². The van der Waals surface area contributed by atoms with Crippen LogP contribution in [-0.2, 0) is 0 Å². The molecule has 0 radical (unpaired) electrons. The van der Waals surface area contributed by atoms with Gasteiger partial charge in [0.1, 0.15) is 17.2 Å². The lowest BCUT2D eigenvalue weighted by Crippen LogP contribution is -2.10. The third-order valence-electron chi connectivity index (χ3n) is 4.05. The molecule has 0 aliphatic heterocycles. The van der Waals surface area contributed by atoms with Crippen LogP contribution in [0.25, 0.3) is 33.5 Å². The second-order valence-electron chi connectivity index (χ2n) is 5.94. The number of anilines is 1. The van der Waals surface area contributed by atoms with Crippen molar-refractivity contribution in [2.24, 2.45) is 0 Å². The van der Waals surface area contributed by atoms with Crippen molar-refractivity contribution in [1.82, 2.24) is 19.9 Å². The van der Waals surface area contributed by atoms with Crippen LogP contribution in [-0.4, -0.2) is 34.0 Å². The third-order valence-corrected chi connectivity index (χ3v) is 4.05. The molecule has 25 heavy (non-hydrogen) atoms. The van der Waals surface area contributed by atoms with E-state index in [9.17, 15) is 4.39 Å². The lowest BCUT2D eigenvalue weighted by Gasteiger charge is -2.09. The molecule has 0 atom stereocenters. The summed E-state index contributed by atoms with van der Waals surface area (Å²) >= 11 is 0. The summed E-state index contributed by atoms with van der Waals surface area (Å²) in [5.41, 5.74) is 5.09. The van der Waals surface area contributed by atoms with Crippen molar-refractivity contribution in [3.05, 3.63) is 60.8 Å². The van der Waals surface area contributed by atoms with Crippen LogP contribution in [0.15, 0.2) is 55.0 Å². The molecule has 1 N–H and O–H groups in total. The molecule has 0 amide bonds. The van der Waals surface area contributed by atoms with Gasteiger partial charge in [-0.3, -0.25) is 4.98 Å². The van der Waals surface area contributed by atoms with E-state index in [1.54, 1.807) is 30.7 Å². The summed E-state index contributed by atoms with van der Waals surface area (Å²) in [4.78, 5) is 18.6. The highest BCUT2D eigenvalue weighted by Gasteiger charge is 2.18. The Bertz CT molecular complexity index is 1020. The number of fused-ring (bicyclic) bond motifs is 1. The van der Waals surface area contributed by atoms with Crippen molar-refractivity contribution in [3.8, 4) is 22.4 Å². The van der Waals surface area contributed by atoms with Gasteiger partial charge in [0.15, 0.2) is 5.65 Å². The number of aromatic amines is 1. The molecule has 0 unspecified atom stereocenters. The minimum absolute atomic E-state index is 0.268. The molecule has 0 saturated heterocycles. The average Bonchev–Trinajstić information content (AvgIpc) is 3.02. The summed E-state index contributed by atoms with van der Waals surface area (Å²) in [6.07, 6.45) is 5.21. The molecule has 1 aromatic carbocycles. The number of halogens is 1. The Balaban J connectivity index is 2.01. The summed E-state index contributed by atoms with van der Waals surface area (Å²) < 4.78 is 13.4. The van der Waals surface area contributed by atoms with Gasteiger partial charge in [-0.05, 0) is 29.8 Å². The van der Waals surface area contributed by atoms with Crippen LogP contribution in [0.2, 0.25) is 0 Å². The number of H-pyrrole nitrogens is 1. The Morgan fingerprint density at radius 2 is 1.68 bits per heavy atom. The number of hydrogen-bond donors (Lipinski definition) is 1. The van der Waals surface area contributed by atoms with Gasteiger partial charge in [-0.1, -0.05) is 12.1 Å². The van der Waals surface area contributed by atoms with Crippen molar-refractivity contribution in [2.75, 3.05) is 19.0 Å². The first-order valence-electron chi connectivity index (χ1n) is 7.86. The van der Waals surface area contributed by atoms with E-state index in [2.05, 4.69) is 19.9 Å². The predicted molar refractivity (Wildman–Crippen MR) is 96.8 cm³/mol. The zero-order valence-electron chi connectivity index (χ0n) is 13.9. The Hall–Kier alpha value is -3.28. The molecule has 3 aromatic heterocycles. The standard InChI is InChI=1S/C19H16FN5/c1-25(2)15-11-22-18-16(12-3-5-14(20)6-4-12)17(24-19(18)23-15)13-7-9-21-10-8-13/h3-11H,1-2H3,(H,23,24). The summed E-state index contributed by atoms with van der Waals surface area (Å²) in [6.45, 7) is 0. The van der Waals surface area contributed by atoms with Crippen LogP contribution < -0.4 is 4.90 Å². The third kappa shape index (κ3) is 2.71. The molecular formula is C19H16FN5. The molecule has 3 heterocycles. The number of rotatable bonds is 3. The molecule has 6 heteroatoms. The molecule has 0 aliphatic carbocycles. The van der Waals surface area contributed by atoms with Crippen LogP contribution in [0.5, 0.6) is 0 Å². The molecule has 5 nitrogen and oxygen atoms in total. The minimum Gasteiger partial charge on any atom is -0.361 e. The molecule has 0 spiro atoms. The van der Waals surface area contributed by atoms with Crippen molar-refractivity contribution < 1.29 is 4.39 Å². The van der Waals surface area contributed by atoms with E-state index < -0.39 is 0 Å². The van der Waals surface area contributed by atoms with E-state index in [0.717, 1.165) is 33.7 Å². The van der Waals surface area contributed by atoms with Gasteiger partial charge in [-0.15, -0.1) is 0 Å². The fourth-order valence-electron chi connectivity index (χ4n) is 2.80. The van der Waals surface area contributed by atoms with Crippen molar-refractivity contribution in [1.29, 1.82) is 0 Å². The Morgan fingerprint density at radius 1 is 0.960 bits per heavy atom. The lowest BCUT2D eigenvalue weighted by molar-refractivity contribution is 0.628. The number of nitrogens with zero attached hydrogens (tertiary/aromatic N) is 4. The second kappa shape index (κ2) is 5.98. The molecule has 0 fully saturated rings. The van der Waals surface area contributed by atoms with Crippen LogP contribution in [0.1, 0.15) is 0 Å². The summed E-state index contributed by atoms with van der Waals surface area (Å²) in [5, 5.41) is 0. The van der Waals surface area contributed by atoms with E-state index in [-0.39, 0.29) is 5.82 Å². The number of nitrogens with one attached hydrogen (secondary N) is 1. The highest BCUT2D eigenvalue weighted by Crippen LogP contribution is 2.37. The summed E-state index contributed by atoms with van der Waals surface area (Å²) in [6, 6.07) is 10.3. The van der Waals surface area contributed by atoms with E-state index in [1.807, 2.05) is 31.1 Å². The van der Waals surface area contributed by atoms with Gasteiger partial charge < -0.3 is 9.88 Å². The average molecular weight is 333 g/mol. The maximum Gasteiger partial charge on any atom is 0.159 e. The van der Waals surface area contributed by atoms with Crippen molar-refractivity contribution in [2.45, 2.75) is 0 Å². The number of pyridine rings is 1. The lowest BCUT2D eigenvalue weighted by atomic mass is 10.0. The fraction of sp³-hybridized carbons (Fsp3) is 0.105. The van der Waals surface area contributed by atoms with E-state index in [1.165, 1.54) is 12.1 Å². The highest BCUT2D eigenvalue weighted by molar-refractivity contribution is 6.00. The Morgan fingerprint density at radius 3 is 2.36 bits per heavy atom. The SMILES string of the molecule is CN(C)c1cnc2c(-c3ccc(F)cc3)c(-c3ccncc3)[nH]c2n1. The van der Waals surface area contributed by atoms with Gasteiger partial charge in [0.2, 0.25) is 0 Å². The molecule has 4 aromatic rings. The second-order valence-corrected chi connectivity index (χ2v) is 5.94. The molecule has 4 rings (SSSR count). The van der Waals surface area contributed by atoms with Gasteiger partial charge in [0.05, 0.1) is 11.9 Å². The first kappa shape index (κ1) is 15.3. The number of benzene rings is 1. The maximum absolute atomic E-state index is 13.4. The molecule has 0 bridgehead atoms. The summed E-state index contributed by atoms with van der Waals surface area (Å²) in [7, 11) is 3.84. The van der Waals surface area contributed by atoms with Gasteiger partial charge in [-0.2, -0.15) is 0 Å². The Labute approximate surface area is 144 Å². The molecule has 124 valence electrons. The van der Waals surface area contributed by atoms with Gasteiger partial charge in [0.25, 0.3) is 0 Å². The normalized spacial score (nSPS) is 11.0. The molecule has 0 saturated carbocycles. The zero-order chi connectivity index (χ0) is 17.4. The number of aromatic nitrogens is 4. The first-order chi connectivity index (χ1) is 12.1. The van der Waals surface area contributed by atoms with E-state index in [0.29, 0.717) is 5.65 Å². The van der Waals surface area contributed by atoms with E-state index in [4.69, 9.17) is 0 Å². The van der Waals surface area contributed by atoms with Gasteiger partial charge in [0, 0.05) is 37.6 Å². The fourth-order valence-corrected chi connectivity index (χ4v) is 2.80. The van der Waals surface area contributed by atoms with Crippen LogP contribution in [0.4, 0.5) is 10.2 Å². The maximum atomic E-state index is 13.4. The largest absolute Gasteiger partial charge is 0.361 e. The smallest absolute Gasteiger partial charge is 0.159 e.